The zero-order valence-corrected chi connectivity index (χ0v) is 40.3. The van der Waals surface area contributed by atoms with Gasteiger partial charge >= 0.3 is 0 Å². The summed E-state index contributed by atoms with van der Waals surface area (Å²) in [5.41, 5.74) is 14.3. The standard InChI is InChI=1S/C66H45N3S2/c1-5-19-46(20-6-1)48-35-39-52(40-36-48)67(53-41-37-49(38-42-53)47-21-7-2-8-22-47)54-43-55(68(50-23-9-3-10-24-50)61-31-17-29-59-57-27-13-15-33-63(57)70-65(59)61)45-56(44-54)69(51-25-11-4-12-26-51)62-32-18-30-60-58-28-14-16-34-64(58)71-66(60)62/h1-45H. The van der Waals surface area contributed by atoms with Gasteiger partial charge in [-0.3, -0.25) is 0 Å². The normalized spacial score (nSPS) is 11.4. The van der Waals surface area contributed by atoms with Crippen molar-refractivity contribution in [3.8, 4) is 22.3 Å². The lowest BCUT2D eigenvalue weighted by atomic mass is 10.0. The molecule has 0 unspecified atom stereocenters. The van der Waals surface area contributed by atoms with E-state index in [1.54, 1.807) is 0 Å². The zero-order chi connectivity index (χ0) is 47.1. The molecule has 3 nitrogen and oxygen atoms in total. The van der Waals surface area contributed by atoms with Crippen molar-refractivity contribution in [3.05, 3.63) is 273 Å². The van der Waals surface area contributed by atoms with Crippen molar-refractivity contribution >= 4 is 114 Å². The van der Waals surface area contributed by atoms with E-state index in [0.717, 1.165) is 51.2 Å². The molecule has 0 aliphatic rings. The maximum atomic E-state index is 2.46. The fraction of sp³-hybridized carbons (Fsp3) is 0. The minimum Gasteiger partial charge on any atom is -0.310 e. The Morgan fingerprint density at radius 1 is 0.211 bits per heavy atom. The van der Waals surface area contributed by atoms with Crippen molar-refractivity contribution in [2.45, 2.75) is 0 Å². The van der Waals surface area contributed by atoms with Crippen LogP contribution in [0.25, 0.3) is 62.6 Å². The van der Waals surface area contributed by atoms with E-state index in [1.165, 1.54) is 62.6 Å². The molecule has 0 aliphatic carbocycles. The molecule has 0 saturated heterocycles. The largest absolute Gasteiger partial charge is 0.310 e. The molecule has 13 rings (SSSR count). The first-order chi connectivity index (χ1) is 35.2. The van der Waals surface area contributed by atoms with Crippen LogP contribution in [0, 0.1) is 0 Å². The Labute approximate surface area is 421 Å². The van der Waals surface area contributed by atoms with Gasteiger partial charge in [0.15, 0.2) is 0 Å². The lowest BCUT2D eigenvalue weighted by Crippen LogP contribution is -2.16. The molecule has 0 amide bonds. The Kier molecular flexibility index (Phi) is 10.9. The topological polar surface area (TPSA) is 9.72 Å². The number of thiophene rings is 2. The average Bonchev–Trinajstić information content (AvgIpc) is 4.03. The second-order valence-electron chi connectivity index (χ2n) is 17.7. The molecule has 0 fully saturated rings. The van der Waals surface area contributed by atoms with E-state index in [2.05, 4.69) is 288 Å². The fourth-order valence-corrected chi connectivity index (χ4v) is 12.5. The number of anilines is 9. The lowest BCUT2D eigenvalue weighted by Gasteiger charge is -2.33. The van der Waals surface area contributed by atoms with Crippen LogP contribution in [0.2, 0.25) is 0 Å². The third-order valence-electron chi connectivity index (χ3n) is 13.4. The van der Waals surface area contributed by atoms with Gasteiger partial charge in [0.05, 0.1) is 37.8 Å². The summed E-state index contributed by atoms with van der Waals surface area (Å²) >= 11 is 3.71. The zero-order valence-electron chi connectivity index (χ0n) is 38.6. The molecule has 2 heterocycles. The highest BCUT2D eigenvalue weighted by Crippen LogP contribution is 2.51. The Balaban J connectivity index is 1.10. The van der Waals surface area contributed by atoms with Crippen LogP contribution in [-0.4, -0.2) is 0 Å². The summed E-state index contributed by atoms with van der Waals surface area (Å²) in [4.78, 5) is 7.34. The summed E-state index contributed by atoms with van der Waals surface area (Å²) in [6.07, 6.45) is 0. The van der Waals surface area contributed by atoms with Crippen molar-refractivity contribution in [1.82, 2.24) is 0 Å². The molecule has 0 aliphatic heterocycles. The summed E-state index contributed by atoms with van der Waals surface area (Å²) < 4.78 is 5.02. The number of para-hydroxylation sites is 2. The van der Waals surface area contributed by atoms with Crippen LogP contribution in [0.1, 0.15) is 0 Å². The highest BCUT2D eigenvalue weighted by atomic mass is 32.1. The SMILES string of the molecule is c1ccc(-c2ccc(N(c3ccc(-c4ccccc4)cc3)c3cc(N(c4ccccc4)c4cccc5c4sc4ccccc45)cc(N(c4ccccc4)c4cccc5c4sc4ccccc45)c3)cc2)cc1. The van der Waals surface area contributed by atoms with Crippen molar-refractivity contribution in [2.75, 3.05) is 14.7 Å². The van der Waals surface area contributed by atoms with Crippen LogP contribution < -0.4 is 14.7 Å². The second kappa shape index (κ2) is 18.3. The monoisotopic (exact) mass is 943 g/mol. The van der Waals surface area contributed by atoms with Gasteiger partial charge in [0.1, 0.15) is 0 Å². The molecule has 11 aromatic carbocycles. The first-order valence-electron chi connectivity index (χ1n) is 24.0. The van der Waals surface area contributed by atoms with Gasteiger partial charge in [0, 0.05) is 53.7 Å². The number of fused-ring (bicyclic) bond motifs is 6. The van der Waals surface area contributed by atoms with E-state index in [9.17, 15) is 0 Å². The van der Waals surface area contributed by atoms with Crippen LogP contribution in [0.4, 0.5) is 51.2 Å². The lowest BCUT2D eigenvalue weighted by molar-refractivity contribution is 1.23. The Morgan fingerprint density at radius 3 is 0.930 bits per heavy atom. The summed E-state index contributed by atoms with van der Waals surface area (Å²) in [5, 5.41) is 5.04. The molecule has 0 atom stereocenters. The number of hydrogen-bond donors (Lipinski definition) is 0. The molecule has 0 spiro atoms. The average molecular weight is 944 g/mol. The van der Waals surface area contributed by atoms with E-state index in [-0.39, 0.29) is 0 Å². The summed E-state index contributed by atoms with van der Waals surface area (Å²) in [6, 6.07) is 99.3. The third kappa shape index (κ3) is 7.88. The van der Waals surface area contributed by atoms with E-state index in [1.807, 2.05) is 22.7 Å². The highest BCUT2D eigenvalue weighted by molar-refractivity contribution is 7.26. The van der Waals surface area contributed by atoms with E-state index in [4.69, 9.17) is 0 Å². The number of benzene rings is 11. The van der Waals surface area contributed by atoms with E-state index >= 15 is 0 Å². The van der Waals surface area contributed by atoms with Crippen LogP contribution >= 0.6 is 22.7 Å². The van der Waals surface area contributed by atoms with E-state index < -0.39 is 0 Å². The fourth-order valence-electron chi connectivity index (χ4n) is 10.1. The van der Waals surface area contributed by atoms with Crippen molar-refractivity contribution in [1.29, 1.82) is 0 Å². The van der Waals surface area contributed by atoms with Crippen LogP contribution in [0.5, 0.6) is 0 Å². The van der Waals surface area contributed by atoms with Crippen LogP contribution in [0.15, 0.2) is 273 Å². The molecule has 71 heavy (non-hydrogen) atoms. The highest BCUT2D eigenvalue weighted by Gasteiger charge is 2.25. The third-order valence-corrected chi connectivity index (χ3v) is 15.8. The maximum absolute atomic E-state index is 2.46. The van der Waals surface area contributed by atoms with Crippen molar-refractivity contribution < 1.29 is 0 Å². The molecule has 5 heteroatoms. The predicted molar refractivity (Wildman–Crippen MR) is 307 cm³/mol. The summed E-state index contributed by atoms with van der Waals surface area (Å²) in [6.45, 7) is 0. The molecule has 336 valence electrons. The van der Waals surface area contributed by atoms with Gasteiger partial charge in [-0.1, -0.05) is 182 Å². The van der Waals surface area contributed by atoms with Gasteiger partial charge in [-0.15, -0.1) is 22.7 Å². The number of rotatable bonds is 11. The first kappa shape index (κ1) is 42.4. The van der Waals surface area contributed by atoms with Crippen molar-refractivity contribution in [2.24, 2.45) is 0 Å². The minimum atomic E-state index is 1.02. The van der Waals surface area contributed by atoms with Gasteiger partial charge in [-0.2, -0.15) is 0 Å². The molecule has 0 N–H and O–H groups in total. The molecule has 0 bridgehead atoms. The molecule has 2 aromatic heterocycles. The molecular formula is C66H45N3S2. The second-order valence-corrected chi connectivity index (χ2v) is 19.8. The van der Waals surface area contributed by atoms with E-state index in [0.29, 0.717) is 0 Å². The molecule has 0 saturated carbocycles. The summed E-state index contributed by atoms with van der Waals surface area (Å²) in [5.74, 6) is 0. The number of hydrogen-bond acceptors (Lipinski definition) is 5. The Morgan fingerprint density at radius 2 is 0.521 bits per heavy atom. The Hall–Kier alpha value is -8.74. The predicted octanol–water partition coefficient (Wildman–Crippen LogP) is 20.2. The molecular weight excluding hydrogens is 899 g/mol. The quantitative estimate of drug-likeness (QED) is 0.128. The molecule has 0 radical (unpaired) electrons. The summed E-state index contributed by atoms with van der Waals surface area (Å²) in [7, 11) is 0. The first-order valence-corrected chi connectivity index (χ1v) is 25.6. The van der Waals surface area contributed by atoms with Crippen LogP contribution in [-0.2, 0) is 0 Å². The maximum Gasteiger partial charge on any atom is 0.0640 e. The van der Waals surface area contributed by atoms with Gasteiger partial charge < -0.3 is 14.7 Å². The Bertz CT molecular complexity index is 3720. The van der Waals surface area contributed by atoms with Gasteiger partial charge in [-0.25, -0.2) is 0 Å². The van der Waals surface area contributed by atoms with Gasteiger partial charge in [0.2, 0.25) is 0 Å². The molecule has 13 aromatic rings. The van der Waals surface area contributed by atoms with Gasteiger partial charge in [0.25, 0.3) is 0 Å². The van der Waals surface area contributed by atoms with Gasteiger partial charge in [-0.05, 0) is 113 Å². The minimum absolute atomic E-state index is 1.02. The van der Waals surface area contributed by atoms with Crippen LogP contribution in [0.3, 0.4) is 0 Å². The van der Waals surface area contributed by atoms with Crippen molar-refractivity contribution in [3.63, 3.8) is 0 Å². The number of nitrogens with zero attached hydrogens (tertiary/aromatic N) is 3. The smallest absolute Gasteiger partial charge is 0.0640 e.